The summed E-state index contributed by atoms with van der Waals surface area (Å²) >= 11 is -2.61. The monoisotopic (exact) mass is 482 g/mol. The van der Waals surface area contributed by atoms with E-state index >= 15 is 0 Å². The van der Waals surface area contributed by atoms with Crippen LogP contribution in [0.15, 0.2) is 113 Å². The number of hydrogen-bond donors (Lipinski definition) is 0. The molecule has 1 heteroatoms. The molecule has 0 amide bonds. The molecule has 0 aromatic heterocycles. The van der Waals surface area contributed by atoms with Crippen LogP contribution in [0.1, 0.15) is 56.7 Å². The van der Waals surface area contributed by atoms with Gasteiger partial charge in [0.1, 0.15) is 0 Å². The second-order valence-corrected chi connectivity index (χ2v) is 17.8. The Kier molecular flexibility index (Phi) is 7.10. The van der Waals surface area contributed by atoms with E-state index in [9.17, 15) is 0 Å². The second kappa shape index (κ2) is 10.2. The number of rotatable bonds is 7. The molecule has 2 aliphatic rings. The normalized spacial score (nSPS) is 20.6. The molecule has 0 nitrogen and oxygen atoms in total. The summed E-state index contributed by atoms with van der Waals surface area (Å²) in [6.07, 6.45) is 4.05. The molecule has 0 fully saturated rings. The first kappa shape index (κ1) is 23.6. The Morgan fingerprint density at radius 2 is 1.12 bits per heavy atom. The van der Waals surface area contributed by atoms with E-state index in [-0.39, 0.29) is 0 Å². The zero-order chi connectivity index (χ0) is 23.5. The molecule has 3 aromatic rings. The summed E-state index contributed by atoms with van der Waals surface area (Å²) in [4.78, 5) is 0. The van der Waals surface area contributed by atoms with Gasteiger partial charge in [0.25, 0.3) is 0 Å². The fourth-order valence-corrected chi connectivity index (χ4v) is 16.4. The number of benzene rings is 3. The minimum absolute atomic E-state index is 0.642. The fourth-order valence-electron chi connectivity index (χ4n) is 6.93. The summed E-state index contributed by atoms with van der Waals surface area (Å²) in [5.41, 5.74) is 11.5. The van der Waals surface area contributed by atoms with Crippen molar-refractivity contribution in [2.45, 2.75) is 58.4 Å². The van der Waals surface area contributed by atoms with Crippen LogP contribution in [0.2, 0.25) is 4.22 Å². The Bertz CT molecular complexity index is 1070. The van der Waals surface area contributed by atoms with Crippen molar-refractivity contribution in [3.8, 4) is 0 Å². The summed E-state index contributed by atoms with van der Waals surface area (Å²) in [5.74, 6) is 0.642. The molecule has 3 aromatic carbocycles. The van der Waals surface area contributed by atoms with Crippen LogP contribution in [0.5, 0.6) is 0 Å². The van der Waals surface area contributed by atoms with E-state index in [4.69, 9.17) is 0 Å². The summed E-state index contributed by atoms with van der Waals surface area (Å²) in [6, 6.07) is 34.3. The van der Waals surface area contributed by atoms with Gasteiger partial charge in [0, 0.05) is 0 Å². The summed E-state index contributed by atoms with van der Waals surface area (Å²) < 4.78 is 4.66. The Morgan fingerprint density at radius 3 is 1.56 bits per heavy atom. The van der Waals surface area contributed by atoms with Gasteiger partial charge < -0.3 is 0 Å². The van der Waals surface area contributed by atoms with Gasteiger partial charge in [0.2, 0.25) is 0 Å². The molecule has 0 N–H and O–H groups in total. The van der Waals surface area contributed by atoms with Crippen LogP contribution in [0.3, 0.4) is 0 Å². The van der Waals surface area contributed by atoms with Crippen LogP contribution >= 0.6 is 0 Å². The van der Waals surface area contributed by atoms with Gasteiger partial charge in [-0.25, -0.2) is 0 Å². The average molecular weight is 483 g/mol. The van der Waals surface area contributed by atoms with E-state index in [2.05, 4.69) is 112 Å². The summed E-state index contributed by atoms with van der Waals surface area (Å²) in [7, 11) is 0. The predicted molar refractivity (Wildman–Crippen MR) is 143 cm³/mol. The van der Waals surface area contributed by atoms with E-state index in [0.717, 1.165) is 4.22 Å². The fraction of sp³-hybridized carbons (Fsp3) is 0.333. The predicted octanol–water partition coefficient (Wildman–Crippen LogP) is 9.00. The van der Waals surface area contributed by atoms with Crippen LogP contribution in [-0.2, 0) is 30.8 Å². The van der Waals surface area contributed by atoms with E-state index < -0.39 is 16.6 Å². The Morgan fingerprint density at radius 1 is 0.676 bits per heavy atom. The maximum absolute atomic E-state index is 2.61. The Labute approximate surface area is 210 Å². The molecule has 0 aliphatic heterocycles. The third-order valence-corrected chi connectivity index (χ3v) is 17.2. The first-order valence-corrected chi connectivity index (χ1v) is 17.3. The van der Waals surface area contributed by atoms with Gasteiger partial charge in [-0.1, -0.05) is 0 Å². The van der Waals surface area contributed by atoms with Gasteiger partial charge >= 0.3 is 211 Å². The summed E-state index contributed by atoms with van der Waals surface area (Å²) in [5, 5.41) is 0. The molecule has 0 bridgehead atoms. The van der Waals surface area contributed by atoms with Gasteiger partial charge in [0.05, 0.1) is 0 Å². The molecular weight excluding hydrogens is 444 g/mol. The first-order valence-electron chi connectivity index (χ1n) is 13.1. The van der Waals surface area contributed by atoms with E-state index in [1.54, 1.807) is 39.0 Å². The van der Waals surface area contributed by atoms with Crippen molar-refractivity contribution >= 4 is 0 Å². The van der Waals surface area contributed by atoms with Gasteiger partial charge in [-0.3, -0.25) is 0 Å². The Balaban J connectivity index is 1.68. The molecule has 2 aliphatic carbocycles. The van der Waals surface area contributed by atoms with E-state index in [0.29, 0.717) is 5.92 Å². The zero-order valence-electron chi connectivity index (χ0n) is 21.1. The topological polar surface area (TPSA) is 0 Å². The molecular formula is C33H38Ti. The standard InChI is InChI=1S/C12H17.3C7H7.Ti/c1-8-9(2)11-6-4-5-7-12(11)10(8)3;3*1-7-5-3-2-4-6-7;/h6,10H,4-5,7H2,1-3H3;3*2-6H,1H2;. The third kappa shape index (κ3) is 4.68. The molecule has 0 saturated heterocycles. The third-order valence-electron chi connectivity index (χ3n) is 8.74. The van der Waals surface area contributed by atoms with Crippen molar-refractivity contribution in [3.05, 3.63) is 130 Å². The number of hydrogen-bond acceptors (Lipinski definition) is 0. The van der Waals surface area contributed by atoms with Gasteiger partial charge in [0.15, 0.2) is 0 Å². The molecule has 2 unspecified atom stereocenters. The molecule has 0 radical (unpaired) electrons. The van der Waals surface area contributed by atoms with Gasteiger partial charge in [-0.05, 0) is 0 Å². The van der Waals surface area contributed by atoms with Crippen molar-refractivity contribution in [2.75, 3.05) is 0 Å². The van der Waals surface area contributed by atoms with Gasteiger partial charge in [-0.2, -0.15) is 0 Å². The molecule has 0 saturated carbocycles. The average Bonchev–Trinajstić information content (AvgIpc) is 3.10. The second-order valence-electron chi connectivity index (χ2n) is 10.8. The molecule has 5 rings (SSSR count). The van der Waals surface area contributed by atoms with Crippen molar-refractivity contribution in [1.29, 1.82) is 0 Å². The quantitative estimate of drug-likeness (QED) is 0.295. The minimum atomic E-state index is -2.61. The molecule has 0 spiro atoms. The van der Waals surface area contributed by atoms with E-state index in [1.165, 1.54) is 33.4 Å². The van der Waals surface area contributed by atoms with Crippen LogP contribution in [0.4, 0.5) is 0 Å². The molecule has 174 valence electrons. The summed E-state index contributed by atoms with van der Waals surface area (Å²) in [6.45, 7) is 7.30. The van der Waals surface area contributed by atoms with Crippen LogP contribution < -0.4 is 0 Å². The van der Waals surface area contributed by atoms with Gasteiger partial charge in [-0.15, -0.1) is 0 Å². The van der Waals surface area contributed by atoms with Crippen molar-refractivity contribution in [3.63, 3.8) is 0 Å². The Hall–Kier alpha value is -2.15. The molecule has 34 heavy (non-hydrogen) atoms. The van der Waals surface area contributed by atoms with E-state index in [1.807, 2.05) is 0 Å². The van der Waals surface area contributed by atoms with Crippen LogP contribution in [0, 0.1) is 5.92 Å². The van der Waals surface area contributed by atoms with Crippen molar-refractivity contribution in [1.82, 2.24) is 0 Å². The van der Waals surface area contributed by atoms with Crippen molar-refractivity contribution < 1.29 is 16.6 Å². The van der Waals surface area contributed by atoms with Crippen LogP contribution in [-0.4, -0.2) is 0 Å². The SMILES string of the molecule is CC1=C(C)C(C)C2=C1[CH]([Ti]([CH2]c1ccccc1)([CH2]c1ccccc1)[CH2]c1ccccc1)CCC2. The first-order chi connectivity index (χ1) is 16.6. The number of allylic oxidation sites excluding steroid dienone is 4. The molecule has 0 heterocycles. The maximum atomic E-state index is 2.46. The zero-order valence-corrected chi connectivity index (χ0v) is 22.6. The molecule has 2 atom stereocenters. The van der Waals surface area contributed by atoms with Crippen molar-refractivity contribution in [2.24, 2.45) is 5.92 Å². The van der Waals surface area contributed by atoms with Crippen LogP contribution in [0.25, 0.3) is 0 Å².